The number of benzene rings is 1. The van der Waals surface area contributed by atoms with Gasteiger partial charge in [-0.05, 0) is 66.9 Å². The Kier molecular flexibility index (Phi) is 6.02. The van der Waals surface area contributed by atoms with Gasteiger partial charge >= 0.3 is 6.18 Å². The van der Waals surface area contributed by atoms with Crippen molar-refractivity contribution in [3.63, 3.8) is 0 Å². The molecule has 0 unspecified atom stereocenters. The lowest BCUT2D eigenvalue weighted by molar-refractivity contribution is -0.142. The van der Waals surface area contributed by atoms with Gasteiger partial charge in [-0.3, -0.25) is 9.48 Å². The average molecular weight is 459 g/mol. The van der Waals surface area contributed by atoms with E-state index in [9.17, 15) is 18.0 Å². The molecule has 1 aliphatic rings. The maximum atomic E-state index is 13.2. The van der Waals surface area contributed by atoms with E-state index < -0.39 is 17.8 Å². The Balaban J connectivity index is 1.73. The van der Waals surface area contributed by atoms with Crippen LogP contribution in [0.4, 0.5) is 24.5 Å². The molecule has 0 saturated heterocycles. The Morgan fingerprint density at radius 2 is 1.86 bits per heavy atom. The second kappa shape index (κ2) is 8.14. The van der Waals surface area contributed by atoms with Crippen molar-refractivity contribution in [3.8, 4) is 0 Å². The normalized spacial score (nSPS) is 14.2. The molecule has 1 amide bonds. The third-order valence-corrected chi connectivity index (χ3v) is 5.52. The first kappa shape index (κ1) is 20.7. The zero-order valence-electron chi connectivity index (χ0n) is 15.7. The molecule has 1 fully saturated rings. The molecule has 0 bridgehead atoms. The van der Waals surface area contributed by atoms with E-state index in [-0.39, 0.29) is 16.9 Å². The van der Waals surface area contributed by atoms with Crippen molar-refractivity contribution in [1.82, 2.24) is 9.78 Å². The number of rotatable bonds is 7. The summed E-state index contributed by atoms with van der Waals surface area (Å²) in [5.74, 6) is -0.402. The number of hydrogen-bond acceptors (Lipinski definition) is 3. The molecule has 0 spiro atoms. The second-order valence-electron chi connectivity index (χ2n) is 6.74. The van der Waals surface area contributed by atoms with E-state index in [0.29, 0.717) is 11.4 Å². The third kappa shape index (κ3) is 4.51. The molecule has 1 aliphatic carbocycles. The molecule has 5 nitrogen and oxygen atoms in total. The first-order chi connectivity index (χ1) is 13.2. The Bertz CT molecular complexity index is 840. The first-order valence-electron chi connectivity index (χ1n) is 9.22. The highest BCUT2D eigenvalue weighted by atomic mass is 79.9. The predicted octanol–water partition coefficient (Wildman–Crippen LogP) is 5.03. The zero-order valence-corrected chi connectivity index (χ0v) is 17.3. The molecule has 1 saturated carbocycles. The van der Waals surface area contributed by atoms with Crippen LogP contribution in [0.25, 0.3) is 0 Å². The molecule has 1 aromatic carbocycles. The minimum absolute atomic E-state index is 0.0131. The number of carbonyl (C=O) groups excluding carboxylic acids is 1. The summed E-state index contributed by atoms with van der Waals surface area (Å²) in [5, 5.41) is 6.39. The second-order valence-corrected chi connectivity index (χ2v) is 7.54. The van der Waals surface area contributed by atoms with Crippen LogP contribution in [-0.4, -0.2) is 28.8 Å². The average Bonchev–Trinajstić information content (AvgIpc) is 3.40. The van der Waals surface area contributed by atoms with Crippen LogP contribution in [0.1, 0.15) is 44.0 Å². The van der Waals surface area contributed by atoms with E-state index >= 15 is 0 Å². The monoisotopic (exact) mass is 458 g/mol. The number of aromatic nitrogens is 2. The molecular weight excluding hydrogens is 437 g/mol. The molecule has 9 heteroatoms. The van der Waals surface area contributed by atoms with Gasteiger partial charge < -0.3 is 10.2 Å². The number of amides is 1. The molecule has 1 heterocycles. The summed E-state index contributed by atoms with van der Waals surface area (Å²) >= 11 is 3.03. The van der Waals surface area contributed by atoms with Crippen molar-refractivity contribution in [3.05, 3.63) is 40.1 Å². The number of alkyl halides is 3. The van der Waals surface area contributed by atoms with Crippen molar-refractivity contribution in [1.29, 1.82) is 0 Å². The summed E-state index contributed by atoms with van der Waals surface area (Å²) in [5.41, 5.74) is 1.10. The largest absolute Gasteiger partial charge is 0.436 e. The fraction of sp³-hybridized carbons (Fsp3) is 0.474. The maximum absolute atomic E-state index is 13.2. The SMILES string of the molecule is CCN(CC)c1ccc(NC(=O)Cn2nc(C(F)(F)F)c(Br)c2C2CC2)cc1. The molecular formula is C19H22BrF3N4O. The summed E-state index contributed by atoms with van der Waals surface area (Å²) < 4.78 is 40.6. The Hall–Kier alpha value is -2.03. The molecule has 2 aromatic rings. The Morgan fingerprint density at radius 1 is 1.25 bits per heavy atom. The Labute approximate surface area is 170 Å². The van der Waals surface area contributed by atoms with E-state index in [1.165, 1.54) is 4.68 Å². The van der Waals surface area contributed by atoms with Crippen LogP contribution in [-0.2, 0) is 17.5 Å². The highest BCUT2D eigenvalue weighted by Crippen LogP contribution is 2.46. The standard InChI is InChI=1S/C19H22BrF3N4O/c1-3-26(4-2)14-9-7-13(8-10-14)24-15(28)11-27-17(12-5-6-12)16(20)18(25-27)19(21,22)23/h7-10,12H,3-6,11H2,1-2H3,(H,24,28). The van der Waals surface area contributed by atoms with Crippen molar-refractivity contribution in [2.45, 2.75) is 45.3 Å². The number of nitrogens with one attached hydrogen (secondary N) is 1. The molecule has 0 atom stereocenters. The summed E-state index contributed by atoms with van der Waals surface area (Å²) in [6, 6.07) is 7.38. The van der Waals surface area contributed by atoms with Gasteiger partial charge in [0.1, 0.15) is 6.54 Å². The van der Waals surface area contributed by atoms with Gasteiger partial charge in [0, 0.05) is 30.4 Å². The van der Waals surface area contributed by atoms with Gasteiger partial charge in [0.25, 0.3) is 0 Å². The van der Waals surface area contributed by atoms with Gasteiger partial charge in [0.05, 0.1) is 10.2 Å². The smallest absolute Gasteiger partial charge is 0.372 e. The minimum Gasteiger partial charge on any atom is -0.372 e. The van der Waals surface area contributed by atoms with Crippen molar-refractivity contribution < 1.29 is 18.0 Å². The number of hydrogen-bond donors (Lipinski definition) is 1. The van der Waals surface area contributed by atoms with Crippen LogP contribution in [0.2, 0.25) is 0 Å². The van der Waals surface area contributed by atoms with E-state index in [1.807, 2.05) is 12.1 Å². The minimum atomic E-state index is -4.57. The van der Waals surface area contributed by atoms with E-state index in [4.69, 9.17) is 0 Å². The molecule has 28 heavy (non-hydrogen) atoms. The lowest BCUT2D eigenvalue weighted by atomic mass is 10.2. The number of nitrogens with zero attached hydrogens (tertiary/aromatic N) is 3. The number of halogens is 4. The number of carbonyl (C=O) groups is 1. The van der Waals surface area contributed by atoms with Crippen LogP contribution < -0.4 is 10.2 Å². The number of anilines is 2. The van der Waals surface area contributed by atoms with Gasteiger partial charge in [-0.2, -0.15) is 18.3 Å². The fourth-order valence-electron chi connectivity index (χ4n) is 3.18. The maximum Gasteiger partial charge on any atom is 0.436 e. The molecule has 3 rings (SSSR count). The lowest BCUT2D eigenvalue weighted by Crippen LogP contribution is -2.22. The van der Waals surface area contributed by atoms with Crippen molar-refractivity contribution in [2.24, 2.45) is 0 Å². The van der Waals surface area contributed by atoms with Crippen molar-refractivity contribution in [2.75, 3.05) is 23.3 Å². The lowest BCUT2D eigenvalue weighted by Gasteiger charge is -2.21. The van der Waals surface area contributed by atoms with Crippen molar-refractivity contribution >= 4 is 33.2 Å². The van der Waals surface area contributed by atoms with E-state index in [2.05, 4.69) is 45.1 Å². The molecule has 0 radical (unpaired) electrons. The van der Waals surface area contributed by atoms with Gasteiger partial charge in [0.2, 0.25) is 5.91 Å². The quantitative estimate of drug-likeness (QED) is 0.632. The summed E-state index contributed by atoms with van der Waals surface area (Å²) in [7, 11) is 0. The van der Waals surface area contributed by atoms with Crippen LogP contribution in [0.5, 0.6) is 0 Å². The van der Waals surface area contributed by atoms with E-state index in [1.54, 1.807) is 12.1 Å². The van der Waals surface area contributed by atoms with Crippen LogP contribution in [0, 0.1) is 0 Å². The fourth-order valence-corrected chi connectivity index (χ4v) is 4.01. The third-order valence-electron chi connectivity index (χ3n) is 4.74. The molecule has 1 aromatic heterocycles. The van der Waals surface area contributed by atoms with Gasteiger partial charge in [-0.1, -0.05) is 0 Å². The van der Waals surface area contributed by atoms with Crippen LogP contribution >= 0.6 is 15.9 Å². The van der Waals surface area contributed by atoms with Crippen LogP contribution in [0.15, 0.2) is 28.7 Å². The molecule has 152 valence electrons. The van der Waals surface area contributed by atoms with E-state index in [0.717, 1.165) is 31.6 Å². The zero-order chi connectivity index (χ0) is 20.5. The summed E-state index contributed by atoms with van der Waals surface area (Å²) in [4.78, 5) is 14.6. The predicted molar refractivity (Wildman–Crippen MR) is 106 cm³/mol. The highest BCUT2D eigenvalue weighted by Gasteiger charge is 2.41. The first-order valence-corrected chi connectivity index (χ1v) is 10.0. The molecule has 1 N–H and O–H groups in total. The van der Waals surface area contributed by atoms with Gasteiger partial charge in [0.15, 0.2) is 5.69 Å². The van der Waals surface area contributed by atoms with Gasteiger partial charge in [-0.15, -0.1) is 0 Å². The molecule has 0 aliphatic heterocycles. The van der Waals surface area contributed by atoms with Crippen LogP contribution in [0.3, 0.4) is 0 Å². The topological polar surface area (TPSA) is 50.2 Å². The summed E-state index contributed by atoms with van der Waals surface area (Å²) in [6.07, 6.45) is -2.96. The van der Waals surface area contributed by atoms with Gasteiger partial charge in [-0.25, -0.2) is 0 Å². The highest BCUT2D eigenvalue weighted by molar-refractivity contribution is 9.10. The summed E-state index contributed by atoms with van der Waals surface area (Å²) in [6.45, 7) is 5.62. The Morgan fingerprint density at radius 3 is 2.36 bits per heavy atom.